The number of pyridine rings is 1. The summed E-state index contributed by atoms with van der Waals surface area (Å²) in [6.45, 7) is 0.264. The normalized spacial score (nSPS) is 20.3. The molecule has 41 heavy (non-hydrogen) atoms. The smallest absolute Gasteiger partial charge is 0.394 e. The molecule has 1 fully saturated rings. The number of aliphatic hydroxyl groups excluding tert-OH is 1. The molecule has 0 radical (unpaired) electrons. The number of alkyl halides is 5. The number of amides is 1. The predicted octanol–water partition coefficient (Wildman–Crippen LogP) is 4.52. The molecular weight excluding hydrogens is 599 g/mol. The summed E-state index contributed by atoms with van der Waals surface area (Å²) in [4.78, 5) is 21.3. The van der Waals surface area contributed by atoms with Crippen LogP contribution in [0.5, 0.6) is 5.75 Å². The summed E-state index contributed by atoms with van der Waals surface area (Å²) in [6.07, 6.45) is -2.98. The van der Waals surface area contributed by atoms with E-state index in [9.17, 15) is 40.3 Å². The topological polar surface area (TPSA) is 123 Å². The Morgan fingerprint density at radius 3 is 2.49 bits per heavy atom. The van der Waals surface area contributed by atoms with Gasteiger partial charge in [-0.2, -0.15) is 22.0 Å². The highest BCUT2D eigenvalue weighted by Crippen LogP contribution is 2.41. The standard InChI is InChI=1S/C25H32ClF5N4O5S/c1-5-18-34-19(22(37)33-12-14-6-7-15(9-16(14)36)41(4,38)39)20(26)35(18)21-17(40-23(27)28)8-13(11-32-21)10-24(2,3)25(29,30)31/h8,11,14-16,23,36H,5-7,9-10,12H2,1-4H3,(H,33,37)/t14-,15+,16+/m0/s1. The van der Waals surface area contributed by atoms with Crippen LogP contribution >= 0.6 is 11.6 Å². The molecule has 3 rings (SSSR count). The van der Waals surface area contributed by atoms with Crippen molar-refractivity contribution in [3.63, 3.8) is 0 Å². The van der Waals surface area contributed by atoms with Crippen molar-refractivity contribution in [3.8, 4) is 11.6 Å². The quantitative estimate of drug-likeness (QED) is 0.370. The van der Waals surface area contributed by atoms with Gasteiger partial charge in [0.25, 0.3) is 5.91 Å². The van der Waals surface area contributed by atoms with Crippen LogP contribution in [0.4, 0.5) is 22.0 Å². The van der Waals surface area contributed by atoms with E-state index in [-0.39, 0.29) is 47.4 Å². The van der Waals surface area contributed by atoms with Gasteiger partial charge in [0.15, 0.2) is 17.3 Å². The molecule has 1 aliphatic rings. The molecular formula is C25H32ClF5N4O5S. The molecule has 2 heterocycles. The summed E-state index contributed by atoms with van der Waals surface area (Å²) in [6, 6.07) is 1.02. The first-order chi connectivity index (χ1) is 18.9. The maximum absolute atomic E-state index is 13.4. The molecule has 0 bridgehead atoms. The lowest BCUT2D eigenvalue weighted by molar-refractivity contribution is -0.211. The molecule has 1 amide bonds. The zero-order chi connectivity index (χ0) is 30.9. The molecule has 1 saturated carbocycles. The van der Waals surface area contributed by atoms with Crippen LogP contribution in [0.25, 0.3) is 5.82 Å². The minimum absolute atomic E-state index is 0.00279. The Balaban J connectivity index is 1.88. The number of halogens is 6. The van der Waals surface area contributed by atoms with Gasteiger partial charge in [-0.15, -0.1) is 0 Å². The maximum Gasteiger partial charge on any atom is 0.394 e. The first-order valence-corrected chi connectivity index (χ1v) is 15.1. The Kier molecular flexibility index (Phi) is 9.96. The van der Waals surface area contributed by atoms with Crippen LogP contribution in [-0.2, 0) is 22.7 Å². The third-order valence-electron chi connectivity index (χ3n) is 7.19. The number of nitrogens with one attached hydrogen (secondary N) is 1. The molecule has 0 unspecified atom stereocenters. The third kappa shape index (κ3) is 7.66. The lowest BCUT2D eigenvalue weighted by Crippen LogP contribution is -2.41. The summed E-state index contributed by atoms with van der Waals surface area (Å²) < 4.78 is 96.0. The summed E-state index contributed by atoms with van der Waals surface area (Å²) >= 11 is 6.46. The van der Waals surface area contributed by atoms with Crippen LogP contribution in [0, 0.1) is 11.3 Å². The van der Waals surface area contributed by atoms with Crippen molar-refractivity contribution in [2.45, 2.75) is 77.0 Å². The molecule has 0 saturated heterocycles. The molecule has 0 aromatic carbocycles. The van der Waals surface area contributed by atoms with E-state index in [0.29, 0.717) is 12.8 Å². The van der Waals surface area contributed by atoms with E-state index in [1.54, 1.807) is 6.92 Å². The highest BCUT2D eigenvalue weighted by molar-refractivity contribution is 7.91. The molecule has 3 atom stereocenters. The number of carbonyl (C=O) groups excluding carboxylic acids is 1. The number of sulfone groups is 1. The number of nitrogens with zero attached hydrogens (tertiary/aromatic N) is 3. The van der Waals surface area contributed by atoms with Gasteiger partial charge in [-0.1, -0.05) is 32.4 Å². The van der Waals surface area contributed by atoms with Crippen molar-refractivity contribution in [2.75, 3.05) is 12.8 Å². The second-order valence-corrected chi connectivity index (χ2v) is 13.4. The Morgan fingerprint density at radius 2 is 1.95 bits per heavy atom. The van der Waals surface area contributed by atoms with Crippen molar-refractivity contribution >= 4 is 27.3 Å². The number of aliphatic hydroxyl groups is 1. The van der Waals surface area contributed by atoms with Crippen molar-refractivity contribution in [2.24, 2.45) is 11.3 Å². The van der Waals surface area contributed by atoms with Gasteiger partial charge < -0.3 is 15.2 Å². The van der Waals surface area contributed by atoms with E-state index >= 15 is 0 Å². The first kappa shape index (κ1) is 33.0. The first-order valence-electron chi connectivity index (χ1n) is 12.8. The maximum atomic E-state index is 13.4. The van der Waals surface area contributed by atoms with Crippen LogP contribution in [-0.4, -0.2) is 70.9 Å². The fourth-order valence-corrected chi connectivity index (χ4v) is 6.10. The van der Waals surface area contributed by atoms with Crippen LogP contribution < -0.4 is 10.1 Å². The largest absolute Gasteiger partial charge is 0.431 e. The average Bonchev–Trinajstić information content (AvgIpc) is 3.17. The van der Waals surface area contributed by atoms with E-state index in [4.69, 9.17) is 11.6 Å². The van der Waals surface area contributed by atoms with E-state index in [1.807, 2.05) is 0 Å². The number of aryl methyl sites for hydroxylation is 1. The third-order valence-corrected chi connectivity index (χ3v) is 9.18. The van der Waals surface area contributed by atoms with Crippen molar-refractivity contribution in [3.05, 3.63) is 34.5 Å². The van der Waals surface area contributed by atoms with Gasteiger partial charge in [0.2, 0.25) is 0 Å². The number of hydrogen-bond acceptors (Lipinski definition) is 7. The number of rotatable bonds is 10. The van der Waals surface area contributed by atoms with Crippen molar-refractivity contribution in [1.82, 2.24) is 19.9 Å². The van der Waals surface area contributed by atoms with E-state index in [1.165, 1.54) is 0 Å². The fourth-order valence-electron chi connectivity index (χ4n) is 4.68. The lowest BCUT2D eigenvalue weighted by atomic mass is 9.85. The fraction of sp³-hybridized carbons (Fsp3) is 0.640. The summed E-state index contributed by atoms with van der Waals surface area (Å²) in [7, 11) is -3.31. The predicted molar refractivity (Wildman–Crippen MR) is 140 cm³/mol. The lowest BCUT2D eigenvalue weighted by Gasteiger charge is -2.32. The minimum Gasteiger partial charge on any atom is -0.431 e. The van der Waals surface area contributed by atoms with Gasteiger partial charge in [0.1, 0.15) is 20.8 Å². The molecule has 2 aromatic rings. The Bertz CT molecular complexity index is 1370. The molecule has 230 valence electrons. The zero-order valence-corrected chi connectivity index (χ0v) is 24.4. The molecule has 1 aliphatic carbocycles. The summed E-state index contributed by atoms with van der Waals surface area (Å²) in [5.41, 5.74) is -2.46. The van der Waals surface area contributed by atoms with Gasteiger partial charge >= 0.3 is 12.8 Å². The van der Waals surface area contributed by atoms with Gasteiger partial charge in [-0.3, -0.25) is 9.36 Å². The SMILES string of the molecule is CCc1nc(C(=O)NC[C@@H]2CC[C@@H](S(C)(=O)=O)C[C@H]2O)c(Cl)n1-c1ncc(CC(C)(C)C(F)(F)F)cc1OC(F)F. The Labute approximate surface area is 239 Å². The van der Waals surface area contributed by atoms with Crippen LogP contribution in [0.2, 0.25) is 5.15 Å². The molecule has 2 N–H and O–H groups in total. The molecule has 16 heteroatoms. The Morgan fingerprint density at radius 1 is 1.29 bits per heavy atom. The zero-order valence-electron chi connectivity index (χ0n) is 22.8. The van der Waals surface area contributed by atoms with Crippen molar-refractivity contribution < 1.29 is 45.0 Å². The van der Waals surface area contributed by atoms with Crippen LogP contribution in [0.1, 0.15) is 61.9 Å². The summed E-state index contributed by atoms with van der Waals surface area (Å²) in [5, 5.41) is 12.1. The van der Waals surface area contributed by atoms with Crippen LogP contribution in [0.15, 0.2) is 12.3 Å². The number of hydrogen-bond donors (Lipinski definition) is 2. The second-order valence-electron chi connectivity index (χ2n) is 10.8. The number of aromatic nitrogens is 3. The summed E-state index contributed by atoms with van der Waals surface area (Å²) in [5.74, 6) is -1.85. The molecule has 0 aliphatic heterocycles. The van der Waals surface area contributed by atoms with Crippen LogP contribution in [0.3, 0.4) is 0 Å². The number of carbonyl (C=O) groups is 1. The Hall–Kier alpha value is -2.52. The molecule has 9 nitrogen and oxygen atoms in total. The van der Waals surface area contributed by atoms with Gasteiger partial charge in [-0.25, -0.2) is 18.4 Å². The van der Waals surface area contributed by atoms with Crippen molar-refractivity contribution in [1.29, 1.82) is 0 Å². The number of imidazole rings is 1. The van der Waals surface area contributed by atoms with Gasteiger partial charge in [0, 0.05) is 31.3 Å². The number of ether oxygens (including phenoxy) is 1. The highest BCUT2D eigenvalue weighted by Gasteiger charge is 2.47. The van der Waals surface area contributed by atoms with Gasteiger partial charge in [0.05, 0.1) is 16.8 Å². The van der Waals surface area contributed by atoms with E-state index in [0.717, 1.165) is 36.9 Å². The monoisotopic (exact) mass is 630 g/mol. The molecule has 0 spiro atoms. The average molecular weight is 631 g/mol. The highest BCUT2D eigenvalue weighted by atomic mass is 35.5. The minimum atomic E-state index is -4.57. The van der Waals surface area contributed by atoms with E-state index in [2.05, 4.69) is 20.0 Å². The molecule has 2 aromatic heterocycles. The second kappa shape index (κ2) is 12.4. The van der Waals surface area contributed by atoms with Gasteiger partial charge in [-0.05, 0) is 37.3 Å². The van der Waals surface area contributed by atoms with E-state index < -0.39 is 63.4 Å².